The van der Waals surface area contributed by atoms with Gasteiger partial charge in [0.15, 0.2) is 6.61 Å². The quantitative estimate of drug-likeness (QED) is 0.638. The standard InChI is InChI=1S/C21H22N4O6/c26-18-12-23(16-6-8-22-9-7-16)10-11-24(18)13-19(27)25(14-21(29)30)20(28)15-31-17-4-2-1-3-5-17/h1-9H,10-15H2,(H,29,30). The van der Waals surface area contributed by atoms with Gasteiger partial charge in [0.2, 0.25) is 11.8 Å². The average molecular weight is 426 g/mol. The van der Waals surface area contributed by atoms with Crippen LogP contribution >= 0.6 is 0 Å². The number of imide groups is 1. The van der Waals surface area contributed by atoms with Crippen LogP contribution in [0.25, 0.3) is 0 Å². The van der Waals surface area contributed by atoms with Gasteiger partial charge in [-0.2, -0.15) is 0 Å². The van der Waals surface area contributed by atoms with E-state index in [1.165, 1.54) is 4.90 Å². The molecule has 1 fully saturated rings. The van der Waals surface area contributed by atoms with Crippen LogP contribution in [0.3, 0.4) is 0 Å². The second-order valence-corrected chi connectivity index (χ2v) is 6.81. The number of carbonyl (C=O) groups is 4. The van der Waals surface area contributed by atoms with Gasteiger partial charge in [-0.25, -0.2) is 0 Å². The van der Waals surface area contributed by atoms with Crippen molar-refractivity contribution >= 4 is 29.4 Å². The summed E-state index contributed by atoms with van der Waals surface area (Å²) in [4.78, 5) is 56.5. The Kier molecular flexibility index (Phi) is 7.15. The number of carboxylic acid groups (broad SMARTS) is 1. The highest BCUT2D eigenvalue weighted by molar-refractivity contribution is 6.00. The highest BCUT2D eigenvalue weighted by atomic mass is 16.5. The van der Waals surface area contributed by atoms with E-state index in [4.69, 9.17) is 9.84 Å². The Morgan fingerprint density at radius 2 is 1.74 bits per heavy atom. The van der Waals surface area contributed by atoms with E-state index in [0.29, 0.717) is 17.2 Å². The zero-order valence-electron chi connectivity index (χ0n) is 16.7. The minimum atomic E-state index is -1.34. The number of benzene rings is 1. The van der Waals surface area contributed by atoms with Crippen molar-refractivity contribution in [3.05, 3.63) is 54.9 Å². The van der Waals surface area contributed by atoms with Gasteiger partial charge in [0.1, 0.15) is 18.8 Å². The van der Waals surface area contributed by atoms with Gasteiger partial charge in [0.25, 0.3) is 5.91 Å². The summed E-state index contributed by atoms with van der Waals surface area (Å²) in [7, 11) is 0. The fourth-order valence-electron chi connectivity index (χ4n) is 3.09. The van der Waals surface area contributed by atoms with E-state index in [1.54, 1.807) is 54.9 Å². The fourth-order valence-corrected chi connectivity index (χ4v) is 3.09. The molecule has 1 aliphatic heterocycles. The van der Waals surface area contributed by atoms with E-state index in [2.05, 4.69) is 4.98 Å². The molecule has 3 amide bonds. The van der Waals surface area contributed by atoms with Gasteiger partial charge in [0.05, 0.1) is 6.54 Å². The molecule has 3 rings (SSSR count). The Labute approximate surface area is 178 Å². The second-order valence-electron chi connectivity index (χ2n) is 6.81. The largest absolute Gasteiger partial charge is 0.484 e. The molecule has 0 radical (unpaired) electrons. The van der Waals surface area contributed by atoms with Crippen LogP contribution in [0.15, 0.2) is 54.9 Å². The molecule has 1 aromatic carbocycles. The number of piperazine rings is 1. The number of para-hydroxylation sites is 1. The second kappa shape index (κ2) is 10.2. The molecule has 0 saturated carbocycles. The first-order valence-corrected chi connectivity index (χ1v) is 9.59. The molecular weight excluding hydrogens is 404 g/mol. The number of carbonyl (C=O) groups excluding carboxylic acids is 3. The Balaban J connectivity index is 1.59. The number of rotatable bonds is 8. The summed E-state index contributed by atoms with van der Waals surface area (Å²) in [6.07, 6.45) is 3.26. The van der Waals surface area contributed by atoms with Gasteiger partial charge in [-0.05, 0) is 24.3 Å². The van der Waals surface area contributed by atoms with Gasteiger partial charge in [-0.1, -0.05) is 18.2 Å². The van der Waals surface area contributed by atoms with Crippen LogP contribution in [-0.2, 0) is 19.2 Å². The van der Waals surface area contributed by atoms with E-state index >= 15 is 0 Å². The van der Waals surface area contributed by atoms with Crippen LogP contribution in [0.5, 0.6) is 5.75 Å². The Bertz CT molecular complexity index is 937. The number of anilines is 1. The first-order valence-electron chi connectivity index (χ1n) is 9.59. The van der Waals surface area contributed by atoms with Crippen LogP contribution in [0, 0.1) is 0 Å². The Hall–Kier alpha value is -3.95. The lowest BCUT2D eigenvalue weighted by molar-refractivity contribution is -0.155. The summed E-state index contributed by atoms with van der Waals surface area (Å²) < 4.78 is 5.33. The van der Waals surface area contributed by atoms with Gasteiger partial charge in [0, 0.05) is 31.2 Å². The minimum absolute atomic E-state index is 0.0707. The summed E-state index contributed by atoms with van der Waals surface area (Å²) in [5.41, 5.74) is 0.843. The maximum atomic E-state index is 12.7. The molecule has 1 saturated heterocycles. The molecule has 1 N–H and O–H groups in total. The SMILES string of the molecule is O=C(O)CN(C(=O)COc1ccccc1)C(=O)CN1CCN(c2ccncc2)CC1=O. The van der Waals surface area contributed by atoms with Crippen molar-refractivity contribution in [3.8, 4) is 5.75 Å². The van der Waals surface area contributed by atoms with E-state index in [9.17, 15) is 19.2 Å². The number of aliphatic carboxylic acids is 1. The molecule has 31 heavy (non-hydrogen) atoms. The van der Waals surface area contributed by atoms with Crippen molar-refractivity contribution < 1.29 is 29.0 Å². The van der Waals surface area contributed by atoms with Crippen molar-refractivity contribution in [1.82, 2.24) is 14.8 Å². The third-order valence-corrected chi connectivity index (χ3v) is 4.67. The molecule has 2 aromatic rings. The zero-order valence-corrected chi connectivity index (χ0v) is 16.7. The third kappa shape index (κ3) is 6.01. The number of carboxylic acids is 1. The molecule has 1 aliphatic rings. The number of ether oxygens (including phenoxy) is 1. The predicted molar refractivity (Wildman–Crippen MR) is 109 cm³/mol. The number of nitrogens with zero attached hydrogens (tertiary/aromatic N) is 4. The normalized spacial score (nSPS) is 13.6. The van der Waals surface area contributed by atoms with Crippen molar-refractivity contribution in [1.29, 1.82) is 0 Å². The van der Waals surface area contributed by atoms with Crippen molar-refractivity contribution in [3.63, 3.8) is 0 Å². The van der Waals surface area contributed by atoms with Crippen LogP contribution in [0.1, 0.15) is 0 Å². The molecule has 10 heteroatoms. The van der Waals surface area contributed by atoms with Crippen LogP contribution in [0.2, 0.25) is 0 Å². The Morgan fingerprint density at radius 1 is 1.03 bits per heavy atom. The van der Waals surface area contributed by atoms with Crippen molar-refractivity contribution in [2.24, 2.45) is 0 Å². The van der Waals surface area contributed by atoms with Crippen molar-refractivity contribution in [2.75, 3.05) is 44.2 Å². The number of hydrogen-bond donors (Lipinski definition) is 1. The highest BCUT2D eigenvalue weighted by Gasteiger charge is 2.30. The maximum absolute atomic E-state index is 12.7. The summed E-state index contributed by atoms with van der Waals surface area (Å²) >= 11 is 0. The van der Waals surface area contributed by atoms with Crippen LogP contribution < -0.4 is 9.64 Å². The molecule has 10 nitrogen and oxygen atoms in total. The monoisotopic (exact) mass is 426 g/mol. The third-order valence-electron chi connectivity index (χ3n) is 4.67. The molecule has 1 aromatic heterocycles. The molecule has 0 spiro atoms. The van der Waals surface area contributed by atoms with E-state index in [1.807, 2.05) is 4.90 Å². The molecule has 0 aliphatic carbocycles. The summed E-state index contributed by atoms with van der Waals surface area (Å²) in [6.45, 7) is -0.849. The Morgan fingerprint density at radius 3 is 2.39 bits per heavy atom. The number of pyridine rings is 1. The molecule has 162 valence electrons. The fraction of sp³-hybridized carbons (Fsp3) is 0.286. The molecule has 0 bridgehead atoms. The first-order chi connectivity index (χ1) is 14.9. The van der Waals surface area contributed by atoms with Gasteiger partial charge >= 0.3 is 5.97 Å². The summed E-state index contributed by atoms with van der Waals surface area (Å²) in [6, 6.07) is 12.1. The van der Waals surface area contributed by atoms with E-state index in [-0.39, 0.29) is 25.5 Å². The molecular formula is C21H22N4O6. The van der Waals surface area contributed by atoms with Crippen molar-refractivity contribution in [2.45, 2.75) is 0 Å². The zero-order chi connectivity index (χ0) is 22.2. The smallest absolute Gasteiger partial charge is 0.323 e. The lowest BCUT2D eigenvalue weighted by Gasteiger charge is -2.35. The van der Waals surface area contributed by atoms with E-state index in [0.717, 1.165) is 5.69 Å². The van der Waals surface area contributed by atoms with Crippen LogP contribution in [-0.4, -0.2) is 82.9 Å². The minimum Gasteiger partial charge on any atom is -0.484 e. The number of hydrogen-bond acceptors (Lipinski definition) is 7. The van der Waals surface area contributed by atoms with E-state index < -0.39 is 30.9 Å². The molecule has 0 unspecified atom stereocenters. The topological polar surface area (TPSA) is 120 Å². The molecule has 2 heterocycles. The number of amides is 3. The lowest BCUT2D eigenvalue weighted by Crippen LogP contribution is -2.55. The van der Waals surface area contributed by atoms with Gasteiger partial charge in [-0.3, -0.25) is 29.1 Å². The summed E-state index contributed by atoms with van der Waals surface area (Å²) in [5, 5.41) is 9.11. The van der Waals surface area contributed by atoms with Gasteiger partial charge in [-0.15, -0.1) is 0 Å². The van der Waals surface area contributed by atoms with Crippen LogP contribution in [0.4, 0.5) is 5.69 Å². The molecule has 0 atom stereocenters. The lowest BCUT2D eigenvalue weighted by atomic mass is 10.2. The highest BCUT2D eigenvalue weighted by Crippen LogP contribution is 2.15. The van der Waals surface area contributed by atoms with Gasteiger partial charge < -0.3 is 19.6 Å². The summed E-state index contributed by atoms with van der Waals surface area (Å²) in [5.74, 6) is -2.77. The maximum Gasteiger partial charge on any atom is 0.323 e. The number of aromatic nitrogens is 1. The first kappa shape index (κ1) is 21.8. The predicted octanol–water partition coefficient (Wildman–Crippen LogP) is 0.249. The average Bonchev–Trinajstić information content (AvgIpc) is 2.78.